The second-order valence-electron chi connectivity index (χ2n) is 16.6. The molecule has 0 spiro atoms. The van der Waals surface area contributed by atoms with Gasteiger partial charge in [0.1, 0.15) is 6.54 Å². The molecule has 3 aromatic rings. The van der Waals surface area contributed by atoms with E-state index in [1.54, 1.807) is 32.6 Å². The number of benzene rings is 2. The van der Waals surface area contributed by atoms with Gasteiger partial charge in [-0.1, -0.05) is 13.8 Å². The van der Waals surface area contributed by atoms with Gasteiger partial charge in [-0.3, -0.25) is 37.4 Å². The third-order valence-corrected chi connectivity index (χ3v) is 14.3. The summed E-state index contributed by atoms with van der Waals surface area (Å²) in [6, 6.07) is 5.83. The highest BCUT2D eigenvalue weighted by Crippen LogP contribution is 2.46. The van der Waals surface area contributed by atoms with Crippen molar-refractivity contribution in [3.8, 4) is 0 Å². The van der Waals surface area contributed by atoms with Crippen molar-refractivity contribution in [2.24, 2.45) is 0 Å². The van der Waals surface area contributed by atoms with E-state index in [2.05, 4.69) is 10.6 Å². The third kappa shape index (κ3) is 11.6. The molecule has 26 heteroatoms. The number of hydrogen-bond donors (Lipinski definition) is 7. The van der Waals surface area contributed by atoms with Crippen molar-refractivity contribution < 1.29 is 75.9 Å². The highest BCUT2D eigenvalue weighted by atomic mass is 32.2. The first-order chi connectivity index (χ1) is 29.7. The fourth-order valence-corrected chi connectivity index (χ4v) is 9.92. The van der Waals surface area contributed by atoms with Gasteiger partial charge in [-0.2, -0.15) is 38.2 Å². The second kappa shape index (κ2) is 18.2. The van der Waals surface area contributed by atoms with Crippen molar-refractivity contribution in [3.05, 3.63) is 89.0 Å². The van der Waals surface area contributed by atoms with Gasteiger partial charge < -0.3 is 20.6 Å². The largest absolute Gasteiger partial charge is 0.478 e. The van der Waals surface area contributed by atoms with Crippen LogP contribution < -0.4 is 36.8 Å². The Morgan fingerprint density at radius 2 is 1.26 bits per heavy atom. The molecule has 2 aliphatic rings. The van der Waals surface area contributed by atoms with E-state index in [9.17, 15) is 76.4 Å². The zero-order valence-corrected chi connectivity index (χ0v) is 38.5. The second-order valence-corrected chi connectivity index (χ2v) is 22.9. The number of rotatable bonds is 19. The number of aromatic carboxylic acids is 1. The molecule has 1 unspecified atom stereocenters. The molecule has 3 aromatic carbocycles. The van der Waals surface area contributed by atoms with E-state index in [1.807, 2.05) is 0 Å². The zero-order valence-electron chi connectivity index (χ0n) is 35.3. The molecular formula is C39H47N4O18S4+. The third-order valence-electron chi connectivity index (χ3n) is 11.3. The molecule has 65 heavy (non-hydrogen) atoms. The van der Waals surface area contributed by atoms with Crippen LogP contribution in [0, 0.1) is 0 Å². The summed E-state index contributed by atoms with van der Waals surface area (Å²) in [5, 5.41) is 13.7. The first kappa shape index (κ1) is 50.8. The smallest absolute Gasteiger partial charge is 0.335 e. The number of fused-ring (bicyclic) bond motifs is 2. The number of nitrogens with zero attached hydrogens (tertiary/aromatic N) is 2. The minimum atomic E-state index is -4.55. The molecule has 0 saturated carbocycles. The van der Waals surface area contributed by atoms with Gasteiger partial charge in [-0.25, -0.2) is 4.79 Å². The summed E-state index contributed by atoms with van der Waals surface area (Å²) in [7, 11) is -18.0. The van der Waals surface area contributed by atoms with Gasteiger partial charge in [-0.15, -0.1) is 0 Å². The summed E-state index contributed by atoms with van der Waals surface area (Å²) in [5.41, 5.74) is -3.14. The minimum absolute atomic E-state index is 0.00265. The molecule has 1 atom stereocenters. The molecule has 0 aromatic heterocycles. The Morgan fingerprint density at radius 1 is 0.723 bits per heavy atom. The van der Waals surface area contributed by atoms with Crippen LogP contribution in [0.5, 0.6) is 0 Å². The van der Waals surface area contributed by atoms with Crippen molar-refractivity contribution in [1.82, 2.24) is 10.6 Å². The summed E-state index contributed by atoms with van der Waals surface area (Å²) in [6.07, 6.45) is 2.24. The summed E-state index contributed by atoms with van der Waals surface area (Å²) in [5.74, 6) is -6.31. The molecule has 0 saturated heterocycles. The maximum Gasteiger partial charge on any atom is 0.335 e. The Labute approximate surface area is 373 Å². The fraction of sp³-hybridized carbons (Fsp3) is 0.436. The molecule has 2 heterocycles. The molecule has 5 rings (SSSR count). The van der Waals surface area contributed by atoms with Crippen LogP contribution in [0.1, 0.15) is 82.7 Å². The lowest BCUT2D eigenvalue weighted by Crippen LogP contribution is -2.66. The zero-order chi connectivity index (χ0) is 48.8. The molecule has 2 aliphatic heterocycles. The van der Waals surface area contributed by atoms with E-state index < -0.39 is 122 Å². The van der Waals surface area contributed by atoms with Gasteiger partial charge in [0.2, 0.25) is 16.5 Å². The van der Waals surface area contributed by atoms with Crippen molar-refractivity contribution in [3.63, 3.8) is 0 Å². The molecule has 354 valence electrons. The van der Waals surface area contributed by atoms with E-state index >= 15 is 0 Å². The van der Waals surface area contributed by atoms with Crippen LogP contribution in [0.3, 0.4) is 0 Å². The lowest BCUT2D eigenvalue weighted by Gasteiger charge is -2.32. The number of carbonyl (C=O) groups is 3. The highest BCUT2D eigenvalue weighted by molar-refractivity contribution is 7.86. The standard InChI is InChI=1S/C39H46N4O18S4/c1-38(2)27-18-22(37(48)49)7-8-28(27)42(11-5-13-62(50,51)52)30(38)20-25-33(44)26(34(25)45)21-31-39(3,4)32-24(36(47)41-10-16-65(59,60)61)17-23(35(46)40-9-15-64(56,57)58)19-29(32)43(31)12-6-14-63(53,54)55/h7-8,17-21,30H,5-6,9-16H2,1-4H3,(H6-,40,41,46,47,48,49,50,51,52,53,54,55,56,57,58,59,60,61)/p+1. The van der Waals surface area contributed by atoms with Gasteiger partial charge in [0, 0.05) is 54.9 Å². The van der Waals surface area contributed by atoms with Crippen LogP contribution in [0.25, 0.3) is 12.2 Å². The number of carboxylic acids is 1. The molecule has 0 fully saturated rings. The highest BCUT2D eigenvalue weighted by Gasteiger charge is 2.48. The molecule has 7 N–H and O–H groups in total. The van der Waals surface area contributed by atoms with Crippen LogP contribution >= 0.6 is 0 Å². The monoisotopic (exact) mass is 987 g/mol. The van der Waals surface area contributed by atoms with Gasteiger partial charge in [0.25, 0.3) is 52.3 Å². The van der Waals surface area contributed by atoms with Crippen molar-refractivity contribution >= 4 is 87.5 Å². The SMILES string of the molecule is CC1(C)C(C=c2c(=O)c(=CC3N(CCCS(=O)(=O)O)c4ccc(C(=O)O)cc4C3(C)C)c2=O)=[N+](CCCS(=O)(=O)O)c2cc(C(=O)NCCS(=O)(=O)O)cc(C(=O)NCCS(=O)(=O)O)c21. The number of carbonyl (C=O) groups excluding carboxylic acids is 2. The van der Waals surface area contributed by atoms with E-state index in [1.165, 1.54) is 41.0 Å². The molecule has 0 bridgehead atoms. The minimum Gasteiger partial charge on any atom is -0.478 e. The Hall–Kier alpha value is -5.22. The molecule has 0 radical (unpaired) electrons. The summed E-state index contributed by atoms with van der Waals surface area (Å²) in [6.45, 7) is 5.17. The number of anilines is 1. The molecule has 2 amide bonds. The predicted octanol–water partition coefficient (Wildman–Crippen LogP) is -1.42. The van der Waals surface area contributed by atoms with Gasteiger partial charge in [-0.05, 0) is 56.2 Å². The first-order valence-electron chi connectivity index (χ1n) is 19.6. The summed E-state index contributed by atoms with van der Waals surface area (Å²) >= 11 is 0. The van der Waals surface area contributed by atoms with Crippen molar-refractivity contribution in [2.75, 3.05) is 54.1 Å². The molecule has 0 aliphatic carbocycles. The van der Waals surface area contributed by atoms with E-state index in [0.29, 0.717) is 11.3 Å². The Balaban J connectivity index is 1.70. The fourth-order valence-electron chi connectivity index (χ4n) is 8.21. The van der Waals surface area contributed by atoms with E-state index in [0.717, 1.165) is 6.07 Å². The lowest BCUT2D eigenvalue weighted by molar-refractivity contribution is -0.436. The van der Waals surface area contributed by atoms with Crippen LogP contribution in [0.2, 0.25) is 0 Å². The van der Waals surface area contributed by atoms with E-state index in [-0.39, 0.29) is 70.0 Å². The maximum atomic E-state index is 14.1. The van der Waals surface area contributed by atoms with Crippen molar-refractivity contribution in [2.45, 2.75) is 57.4 Å². The van der Waals surface area contributed by atoms with Crippen LogP contribution in [0.15, 0.2) is 39.9 Å². The Morgan fingerprint density at radius 3 is 1.80 bits per heavy atom. The van der Waals surface area contributed by atoms with Gasteiger partial charge in [0.15, 0.2) is 5.71 Å². The molecular weight excluding hydrogens is 941 g/mol. The Bertz CT molecular complexity index is 3160. The number of nitrogens with one attached hydrogen (secondary N) is 2. The van der Waals surface area contributed by atoms with Gasteiger partial charge in [0.05, 0.1) is 61.6 Å². The predicted molar refractivity (Wildman–Crippen MR) is 236 cm³/mol. The van der Waals surface area contributed by atoms with Gasteiger partial charge >= 0.3 is 5.97 Å². The average molecular weight is 988 g/mol. The molecule has 22 nitrogen and oxygen atoms in total. The number of carboxylic acid groups (broad SMARTS) is 1. The maximum absolute atomic E-state index is 14.1. The van der Waals surface area contributed by atoms with Crippen LogP contribution in [-0.2, 0) is 51.3 Å². The topological polar surface area (TPSA) is 353 Å². The summed E-state index contributed by atoms with van der Waals surface area (Å²) in [4.78, 5) is 69.0. The number of amides is 2. The number of hydrogen-bond acceptors (Lipinski definition) is 14. The quantitative estimate of drug-likeness (QED) is 0.0535. The Kier molecular flexibility index (Phi) is 14.2. The normalized spacial score (nSPS) is 16.9. The lowest BCUT2D eigenvalue weighted by atomic mass is 9.77. The van der Waals surface area contributed by atoms with Crippen LogP contribution in [-0.4, -0.2) is 140 Å². The summed E-state index contributed by atoms with van der Waals surface area (Å²) < 4.78 is 131. The van der Waals surface area contributed by atoms with E-state index in [4.69, 9.17) is 4.55 Å². The first-order valence-corrected chi connectivity index (χ1v) is 26.0. The van der Waals surface area contributed by atoms with Crippen LogP contribution in [0.4, 0.5) is 11.4 Å². The average Bonchev–Trinajstić information content (AvgIpc) is 3.50. The van der Waals surface area contributed by atoms with Crippen molar-refractivity contribution in [1.29, 1.82) is 0 Å².